The molecule has 0 saturated heterocycles. The van der Waals surface area contributed by atoms with Gasteiger partial charge in [0.25, 0.3) is 0 Å². The first kappa shape index (κ1) is 23.0. The summed E-state index contributed by atoms with van der Waals surface area (Å²) in [5.41, 5.74) is 11.0. The number of allylic oxidation sites excluding steroid dienone is 1. The van der Waals surface area contributed by atoms with Crippen molar-refractivity contribution in [3.8, 4) is 11.1 Å². The SMILES string of the molecule is C1=CC(n2ccc3c4c(ccc32)C(c2ccccc2)(c2ccccc2)c2ccccc2-4)N=C(c2ccccc2)C1. The molecule has 5 aromatic carbocycles. The molecule has 0 N–H and O–H groups in total. The predicted octanol–water partition coefficient (Wildman–Crippen LogP) is 8.95. The van der Waals surface area contributed by atoms with Gasteiger partial charge >= 0.3 is 0 Å². The van der Waals surface area contributed by atoms with Gasteiger partial charge in [-0.25, -0.2) is 0 Å². The van der Waals surface area contributed by atoms with E-state index in [2.05, 4.69) is 156 Å². The molecular weight excluding hydrogens is 484 g/mol. The van der Waals surface area contributed by atoms with Crippen LogP contribution in [0.25, 0.3) is 22.0 Å². The maximum absolute atomic E-state index is 5.20. The maximum Gasteiger partial charge on any atom is 0.144 e. The summed E-state index contributed by atoms with van der Waals surface area (Å²) < 4.78 is 2.32. The lowest BCUT2D eigenvalue weighted by molar-refractivity contribution is 0.649. The largest absolute Gasteiger partial charge is 0.321 e. The molecule has 1 aromatic heterocycles. The highest BCUT2D eigenvalue weighted by molar-refractivity contribution is 6.04. The number of fused-ring (bicyclic) bond motifs is 5. The zero-order chi connectivity index (χ0) is 26.5. The van der Waals surface area contributed by atoms with Gasteiger partial charge < -0.3 is 4.57 Å². The number of rotatable bonds is 4. The van der Waals surface area contributed by atoms with Crippen molar-refractivity contribution in [2.24, 2.45) is 4.99 Å². The van der Waals surface area contributed by atoms with Gasteiger partial charge in [-0.15, -0.1) is 0 Å². The summed E-state index contributed by atoms with van der Waals surface area (Å²) in [5.74, 6) is 0. The average molecular weight is 513 g/mol. The summed E-state index contributed by atoms with van der Waals surface area (Å²) in [5, 5.41) is 1.27. The zero-order valence-corrected chi connectivity index (χ0v) is 22.1. The minimum Gasteiger partial charge on any atom is -0.321 e. The van der Waals surface area contributed by atoms with Gasteiger partial charge in [-0.1, -0.05) is 127 Å². The molecular formula is C38H28N2. The van der Waals surface area contributed by atoms with Crippen molar-refractivity contribution in [2.45, 2.75) is 18.0 Å². The van der Waals surface area contributed by atoms with E-state index in [-0.39, 0.29) is 11.6 Å². The Bertz CT molecular complexity index is 1870. The van der Waals surface area contributed by atoms with Gasteiger partial charge in [0, 0.05) is 23.7 Å². The van der Waals surface area contributed by atoms with Crippen LogP contribution in [0.15, 0.2) is 157 Å². The van der Waals surface area contributed by atoms with Gasteiger partial charge in [-0.05, 0) is 57.2 Å². The number of aromatic nitrogens is 1. The average Bonchev–Trinajstić information content (AvgIpc) is 3.60. The van der Waals surface area contributed by atoms with E-state index in [0.717, 1.165) is 12.1 Å². The topological polar surface area (TPSA) is 17.3 Å². The summed E-state index contributed by atoms with van der Waals surface area (Å²) >= 11 is 0. The van der Waals surface area contributed by atoms with Crippen molar-refractivity contribution in [3.05, 3.63) is 180 Å². The molecule has 2 nitrogen and oxygen atoms in total. The van der Waals surface area contributed by atoms with Crippen LogP contribution in [0.2, 0.25) is 0 Å². The second kappa shape index (κ2) is 9.07. The fourth-order valence-corrected chi connectivity index (χ4v) is 6.94. The second-order valence-electron chi connectivity index (χ2n) is 10.7. The molecule has 1 aliphatic carbocycles. The Balaban J connectivity index is 1.37. The van der Waals surface area contributed by atoms with Crippen LogP contribution in [-0.2, 0) is 5.41 Å². The van der Waals surface area contributed by atoms with Crippen molar-refractivity contribution in [1.82, 2.24) is 4.57 Å². The van der Waals surface area contributed by atoms with E-state index in [1.165, 1.54) is 49.8 Å². The highest BCUT2D eigenvalue weighted by atomic mass is 15.1. The lowest BCUT2D eigenvalue weighted by Gasteiger charge is -2.33. The summed E-state index contributed by atoms with van der Waals surface area (Å²) in [4.78, 5) is 5.20. The van der Waals surface area contributed by atoms with E-state index >= 15 is 0 Å². The fraction of sp³-hybridized carbons (Fsp3) is 0.0789. The Labute approximate surface area is 234 Å². The molecule has 190 valence electrons. The van der Waals surface area contributed by atoms with Crippen molar-refractivity contribution < 1.29 is 0 Å². The van der Waals surface area contributed by atoms with Crippen molar-refractivity contribution in [2.75, 3.05) is 0 Å². The molecule has 2 aliphatic rings. The highest BCUT2D eigenvalue weighted by Gasteiger charge is 2.46. The number of benzene rings is 5. The molecule has 40 heavy (non-hydrogen) atoms. The normalized spacial score (nSPS) is 16.9. The summed E-state index contributed by atoms with van der Waals surface area (Å²) in [6, 6.07) is 48.4. The Kier molecular flexibility index (Phi) is 5.21. The van der Waals surface area contributed by atoms with Crippen LogP contribution >= 0.6 is 0 Å². The van der Waals surface area contributed by atoms with E-state index < -0.39 is 0 Å². The molecule has 1 aliphatic heterocycles. The number of hydrogen-bond donors (Lipinski definition) is 0. The van der Waals surface area contributed by atoms with E-state index in [0.29, 0.717) is 0 Å². The lowest BCUT2D eigenvalue weighted by Crippen LogP contribution is -2.28. The van der Waals surface area contributed by atoms with E-state index in [1.54, 1.807) is 0 Å². The standard InChI is InChI=1S/C38H28N2/c1-4-13-27(14-5-1)34-21-12-22-36(39-34)40-26-25-31-35(40)24-23-33-37(31)30-19-10-11-20-32(30)38(33,28-15-6-2-7-16-28)29-17-8-3-9-18-29/h1-20,22-26,36H,21H2. The Morgan fingerprint density at radius 2 is 1.27 bits per heavy atom. The van der Waals surface area contributed by atoms with Crippen LogP contribution < -0.4 is 0 Å². The van der Waals surface area contributed by atoms with E-state index in [9.17, 15) is 0 Å². The van der Waals surface area contributed by atoms with Crippen molar-refractivity contribution >= 4 is 16.6 Å². The van der Waals surface area contributed by atoms with Gasteiger partial charge in [0.15, 0.2) is 0 Å². The molecule has 0 fully saturated rings. The highest BCUT2D eigenvalue weighted by Crippen LogP contribution is 2.57. The minimum absolute atomic E-state index is 0.0656. The van der Waals surface area contributed by atoms with Gasteiger partial charge in [-0.2, -0.15) is 0 Å². The van der Waals surface area contributed by atoms with E-state index in [4.69, 9.17) is 4.99 Å². The molecule has 1 unspecified atom stereocenters. The summed E-state index contributed by atoms with van der Waals surface area (Å²) in [6.45, 7) is 0. The lowest BCUT2D eigenvalue weighted by atomic mass is 9.67. The summed E-state index contributed by atoms with van der Waals surface area (Å²) in [7, 11) is 0. The molecule has 0 amide bonds. The van der Waals surface area contributed by atoms with Gasteiger partial charge in [0.1, 0.15) is 6.17 Å². The van der Waals surface area contributed by atoms with Crippen LogP contribution in [0.4, 0.5) is 0 Å². The smallest absolute Gasteiger partial charge is 0.144 e. The molecule has 2 heteroatoms. The molecule has 0 bridgehead atoms. The number of dihydropyridines is 1. The van der Waals surface area contributed by atoms with Crippen molar-refractivity contribution in [1.29, 1.82) is 0 Å². The molecule has 8 rings (SSSR count). The van der Waals surface area contributed by atoms with Crippen LogP contribution in [0.1, 0.15) is 40.4 Å². The Morgan fingerprint density at radius 1 is 0.625 bits per heavy atom. The van der Waals surface area contributed by atoms with Gasteiger partial charge in [-0.3, -0.25) is 4.99 Å². The molecule has 0 radical (unpaired) electrons. The van der Waals surface area contributed by atoms with Gasteiger partial charge in [0.05, 0.1) is 10.9 Å². The second-order valence-corrected chi connectivity index (χ2v) is 10.7. The number of aliphatic imine (C=N–C) groups is 1. The number of hydrogen-bond acceptors (Lipinski definition) is 1. The number of nitrogens with zero attached hydrogens (tertiary/aromatic N) is 2. The first-order valence-electron chi connectivity index (χ1n) is 14.0. The predicted molar refractivity (Wildman–Crippen MR) is 165 cm³/mol. The van der Waals surface area contributed by atoms with Crippen LogP contribution in [0.5, 0.6) is 0 Å². The first-order valence-corrected chi connectivity index (χ1v) is 14.0. The summed E-state index contributed by atoms with van der Waals surface area (Å²) in [6.07, 6.45) is 7.49. The zero-order valence-electron chi connectivity index (χ0n) is 22.1. The van der Waals surface area contributed by atoms with E-state index in [1.807, 2.05) is 0 Å². The quantitative estimate of drug-likeness (QED) is 0.209. The van der Waals surface area contributed by atoms with Crippen LogP contribution in [0, 0.1) is 0 Å². The molecule has 1 atom stereocenters. The van der Waals surface area contributed by atoms with Crippen LogP contribution in [-0.4, -0.2) is 10.3 Å². The Hall–Kier alpha value is -4.95. The molecule has 0 spiro atoms. The third kappa shape index (κ3) is 3.26. The third-order valence-corrected chi connectivity index (χ3v) is 8.62. The minimum atomic E-state index is -0.381. The first-order chi connectivity index (χ1) is 19.9. The van der Waals surface area contributed by atoms with Gasteiger partial charge in [0.2, 0.25) is 0 Å². The maximum atomic E-state index is 5.20. The van der Waals surface area contributed by atoms with Crippen molar-refractivity contribution in [3.63, 3.8) is 0 Å². The molecule has 0 saturated carbocycles. The fourth-order valence-electron chi connectivity index (χ4n) is 6.94. The van der Waals surface area contributed by atoms with Crippen LogP contribution in [0.3, 0.4) is 0 Å². The monoisotopic (exact) mass is 512 g/mol. The Morgan fingerprint density at radius 3 is 2.00 bits per heavy atom. The molecule has 2 heterocycles. The third-order valence-electron chi connectivity index (χ3n) is 8.62. The molecule has 6 aromatic rings.